The van der Waals surface area contributed by atoms with Crippen LogP contribution in [0.5, 0.6) is 5.75 Å². The predicted molar refractivity (Wildman–Crippen MR) is 116 cm³/mol. The molecule has 33 heavy (non-hydrogen) atoms. The normalized spacial score (nSPS) is 16.4. The zero-order valence-electron chi connectivity index (χ0n) is 18.2. The molecule has 1 aromatic heterocycles. The zero-order valence-corrected chi connectivity index (χ0v) is 18.2. The molecule has 1 unspecified atom stereocenters. The molecule has 8 nitrogen and oxygen atoms in total. The van der Waals surface area contributed by atoms with E-state index in [1.54, 1.807) is 36.3 Å². The van der Waals surface area contributed by atoms with Crippen molar-refractivity contribution >= 4 is 5.91 Å². The molecule has 0 radical (unpaired) electrons. The Morgan fingerprint density at radius 3 is 2.42 bits per heavy atom. The molecule has 4 rings (SSSR count). The first kappa shape index (κ1) is 22.8. The van der Waals surface area contributed by atoms with Crippen LogP contribution in [0, 0.1) is 11.6 Å². The van der Waals surface area contributed by atoms with E-state index < -0.39 is 17.2 Å². The van der Waals surface area contributed by atoms with Gasteiger partial charge in [0.25, 0.3) is 5.91 Å². The number of ether oxygens (including phenoxy) is 1. The van der Waals surface area contributed by atoms with Crippen molar-refractivity contribution < 1.29 is 23.4 Å². The largest absolute Gasteiger partial charge is 0.497 e. The summed E-state index contributed by atoms with van der Waals surface area (Å²) in [6.07, 6.45) is 2.75. The quantitative estimate of drug-likeness (QED) is 0.584. The Balaban J connectivity index is 1.46. The Kier molecular flexibility index (Phi) is 6.66. The molecular formula is C23H25F2N5O3. The molecule has 1 atom stereocenters. The summed E-state index contributed by atoms with van der Waals surface area (Å²) in [6.45, 7) is 1.92. The highest BCUT2D eigenvalue weighted by Crippen LogP contribution is 2.28. The fourth-order valence-electron chi connectivity index (χ4n) is 4.06. The summed E-state index contributed by atoms with van der Waals surface area (Å²) in [7, 11) is 1.57. The molecule has 1 aliphatic heterocycles. The number of nitrogens with zero attached hydrogens (tertiary/aromatic N) is 5. The van der Waals surface area contributed by atoms with Crippen LogP contribution < -0.4 is 4.74 Å². The lowest BCUT2D eigenvalue weighted by atomic mass is 9.92. The van der Waals surface area contributed by atoms with E-state index in [4.69, 9.17) is 4.74 Å². The average molecular weight is 457 g/mol. The van der Waals surface area contributed by atoms with Gasteiger partial charge in [0.05, 0.1) is 13.7 Å². The number of hydrogen-bond donors (Lipinski definition) is 1. The van der Waals surface area contributed by atoms with E-state index in [1.165, 1.54) is 23.4 Å². The summed E-state index contributed by atoms with van der Waals surface area (Å²) < 4.78 is 34.6. The average Bonchev–Trinajstić information content (AvgIpc) is 3.31. The van der Waals surface area contributed by atoms with Crippen molar-refractivity contribution in [2.75, 3.05) is 39.8 Å². The number of amides is 1. The van der Waals surface area contributed by atoms with E-state index >= 15 is 0 Å². The highest BCUT2D eigenvalue weighted by molar-refractivity contribution is 5.94. The van der Waals surface area contributed by atoms with Gasteiger partial charge >= 0.3 is 0 Å². The minimum absolute atomic E-state index is 0.0175. The number of hydrogen-bond acceptors (Lipinski definition) is 6. The molecule has 1 amide bonds. The fraction of sp³-hybridized carbons (Fsp3) is 0.348. The first-order chi connectivity index (χ1) is 15.9. The first-order valence-electron chi connectivity index (χ1n) is 10.5. The Bertz CT molecular complexity index is 1090. The second-order valence-electron chi connectivity index (χ2n) is 8.05. The van der Waals surface area contributed by atoms with Crippen molar-refractivity contribution in [1.29, 1.82) is 0 Å². The summed E-state index contributed by atoms with van der Waals surface area (Å²) in [5.74, 6) is -0.952. The van der Waals surface area contributed by atoms with E-state index in [2.05, 4.69) is 10.1 Å². The molecule has 1 aliphatic rings. The summed E-state index contributed by atoms with van der Waals surface area (Å²) in [5, 5.41) is 15.5. The Labute approximate surface area is 190 Å². The van der Waals surface area contributed by atoms with Gasteiger partial charge in [-0.15, -0.1) is 0 Å². The van der Waals surface area contributed by atoms with Crippen LogP contribution in [-0.2, 0) is 12.1 Å². The van der Waals surface area contributed by atoms with Gasteiger partial charge in [0.15, 0.2) is 0 Å². The maximum Gasteiger partial charge on any atom is 0.253 e. The van der Waals surface area contributed by atoms with E-state index in [-0.39, 0.29) is 24.6 Å². The van der Waals surface area contributed by atoms with Crippen molar-refractivity contribution in [1.82, 2.24) is 24.6 Å². The van der Waals surface area contributed by atoms with Crippen molar-refractivity contribution in [3.8, 4) is 5.75 Å². The van der Waals surface area contributed by atoms with Crippen LogP contribution in [0.15, 0.2) is 55.1 Å². The van der Waals surface area contributed by atoms with Crippen LogP contribution in [0.4, 0.5) is 8.78 Å². The third-order valence-electron chi connectivity index (χ3n) is 5.80. The van der Waals surface area contributed by atoms with E-state index in [1.807, 2.05) is 4.90 Å². The Morgan fingerprint density at radius 1 is 1.09 bits per heavy atom. The third-order valence-corrected chi connectivity index (χ3v) is 5.80. The lowest BCUT2D eigenvalue weighted by molar-refractivity contribution is -0.0302. The highest BCUT2D eigenvalue weighted by Gasteiger charge is 2.36. The van der Waals surface area contributed by atoms with Crippen LogP contribution in [0.1, 0.15) is 15.9 Å². The lowest BCUT2D eigenvalue weighted by Gasteiger charge is -2.39. The van der Waals surface area contributed by atoms with Crippen LogP contribution in [0.25, 0.3) is 0 Å². The monoisotopic (exact) mass is 457 g/mol. The number of β-amino-alcohol motifs (C(OH)–C–C–N with tert-alkyl or cyclic N) is 1. The number of carbonyl (C=O) groups excluding carboxylic acids is 1. The molecule has 2 heterocycles. The van der Waals surface area contributed by atoms with Crippen molar-refractivity contribution in [3.05, 3.63) is 77.9 Å². The molecule has 0 spiro atoms. The SMILES string of the molecule is COc1ccc(C(=O)N2CCN(CC(O)(Cn3cncn3)c3ccc(F)cc3F)CC2)cc1. The summed E-state index contributed by atoms with van der Waals surface area (Å²) >= 11 is 0. The van der Waals surface area contributed by atoms with Crippen LogP contribution >= 0.6 is 0 Å². The van der Waals surface area contributed by atoms with E-state index in [9.17, 15) is 18.7 Å². The van der Waals surface area contributed by atoms with Crippen molar-refractivity contribution in [2.45, 2.75) is 12.1 Å². The summed E-state index contributed by atoms with van der Waals surface area (Å²) in [4.78, 5) is 20.4. The molecule has 10 heteroatoms. The molecule has 0 bridgehead atoms. The van der Waals surface area contributed by atoms with Crippen LogP contribution in [0.3, 0.4) is 0 Å². The minimum atomic E-state index is -1.67. The smallest absolute Gasteiger partial charge is 0.253 e. The number of rotatable bonds is 7. The number of aliphatic hydroxyl groups is 1. The molecular weight excluding hydrogens is 432 g/mol. The molecule has 0 saturated carbocycles. The summed E-state index contributed by atoms with van der Waals surface area (Å²) in [5.41, 5.74) is -1.12. The van der Waals surface area contributed by atoms with Gasteiger partial charge in [-0.1, -0.05) is 6.07 Å². The van der Waals surface area contributed by atoms with Crippen molar-refractivity contribution in [3.63, 3.8) is 0 Å². The van der Waals surface area contributed by atoms with Gasteiger partial charge in [0.2, 0.25) is 0 Å². The molecule has 2 aromatic carbocycles. The highest BCUT2D eigenvalue weighted by atomic mass is 19.1. The number of halogens is 2. The van der Waals surface area contributed by atoms with Gasteiger partial charge in [0, 0.05) is 49.9 Å². The van der Waals surface area contributed by atoms with Crippen molar-refractivity contribution in [2.24, 2.45) is 0 Å². The number of methoxy groups -OCH3 is 1. The number of piperazine rings is 1. The number of aromatic nitrogens is 3. The first-order valence-corrected chi connectivity index (χ1v) is 10.5. The predicted octanol–water partition coefficient (Wildman–Crippen LogP) is 1.91. The Morgan fingerprint density at radius 2 is 1.82 bits per heavy atom. The van der Waals surface area contributed by atoms with Gasteiger partial charge in [-0.2, -0.15) is 5.10 Å². The minimum Gasteiger partial charge on any atom is -0.497 e. The van der Waals surface area contributed by atoms with Gasteiger partial charge in [-0.05, 0) is 30.3 Å². The van der Waals surface area contributed by atoms with Gasteiger partial charge in [0.1, 0.15) is 35.6 Å². The maximum atomic E-state index is 14.6. The second kappa shape index (κ2) is 9.63. The molecule has 174 valence electrons. The maximum absolute atomic E-state index is 14.6. The number of carbonyl (C=O) groups is 1. The zero-order chi connectivity index (χ0) is 23.4. The Hall–Kier alpha value is -3.37. The number of benzene rings is 2. The molecule has 3 aromatic rings. The van der Waals surface area contributed by atoms with Gasteiger partial charge < -0.3 is 14.7 Å². The second-order valence-corrected chi connectivity index (χ2v) is 8.05. The lowest BCUT2D eigenvalue weighted by Crippen LogP contribution is -2.53. The molecule has 1 N–H and O–H groups in total. The van der Waals surface area contributed by atoms with E-state index in [0.29, 0.717) is 37.5 Å². The summed E-state index contributed by atoms with van der Waals surface area (Å²) in [6, 6.07) is 10.1. The third kappa shape index (κ3) is 5.18. The van der Waals surface area contributed by atoms with Crippen LogP contribution in [-0.4, -0.2) is 75.4 Å². The van der Waals surface area contributed by atoms with Gasteiger partial charge in [-0.3, -0.25) is 9.69 Å². The molecule has 0 aliphatic carbocycles. The topological polar surface area (TPSA) is 83.7 Å². The molecule has 1 saturated heterocycles. The van der Waals surface area contributed by atoms with Crippen LogP contribution in [0.2, 0.25) is 0 Å². The fourth-order valence-corrected chi connectivity index (χ4v) is 4.06. The molecule has 1 fully saturated rings. The van der Waals surface area contributed by atoms with Gasteiger partial charge in [-0.25, -0.2) is 18.4 Å². The van der Waals surface area contributed by atoms with E-state index in [0.717, 1.165) is 12.1 Å². The standard InChI is InChI=1S/C23H25F2N5O3/c1-33-19-5-2-17(3-6-19)22(31)29-10-8-28(9-11-29)13-23(32,14-30-16-26-15-27-30)20-7-4-18(24)12-21(20)25/h2-7,12,15-16,32H,8-11,13-14H2,1H3.